The molecule has 1 heterocycles. The fraction of sp³-hybridized carbons (Fsp3) is 0.588. The van der Waals surface area contributed by atoms with Crippen molar-refractivity contribution in [1.82, 2.24) is 9.80 Å². The molecule has 0 aromatic heterocycles. The number of piperazine rings is 1. The molecule has 1 amide bonds. The Morgan fingerprint density at radius 1 is 1.12 bits per heavy atom. The fourth-order valence-electron chi connectivity index (χ4n) is 2.84. The number of amides is 1. The van der Waals surface area contributed by atoms with Crippen LogP contribution in [0.4, 0.5) is 0 Å². The van der Waals surface area contributed by atoms with Crippen LogP contribution < -0.4 is 5.14 Å². The summed E-state index contributed by atoms with van der Waals surface area (Å²) in [6.45, 7) is 6.40. The molecule has 0 atom stereocenters. The molecule has 1 aromatic rings. The smallest absolute Gasteiger partial charge is 0.238 e. The molecule has 1 aliphatic heterocycles. The van der Waals surface area contributed by atoms with Crippen molar-refractivity contribution in [3.8, 4) is 0 Å². The van der Waals surface area contributed by atoms with E-state index in [9.17, 15) is 13.2 Å². The Bertz CT molecular complexity index is 636. The third kappa shape index (κ3) is 5.58. The first-order valence-electron chi connectivity index (χ1n) is 8.52. The van der Waals surface area contributed by atoms with Crippen LogP contribution in [0.2, 0.25) is 0 Å². The van der Waals surface area contributed by atoms with Gasteiger partial charge < -0.3 is 4.90 Å². The Morgan fingerprint density at radius 3 is 2.29 bits per heavy atom. The van der Waals surface area contributed by atoms with Crippen molar-refractivity contribution in [2.45, 2.75) is 37.5 Å². The van der Waals surface area contributed by atoms with Crippen molar-refractivity contribution in [3.05, 3.63) is 29.8 Å². The van der Waals surface area contributed by atoms with Crippen molar-refractivity contribution in [2.75, 3.05) is 32.7 Å². The average Bonchev–Trinajstić information content (AvgIpc) is 2.58. The van der Waals surface area contributed by atoms with Gasteiger partial charge in [-0.1, -0.05) is 25.5 Å². The van der Waals surface area contributed by atoms with Crippen LogP contribution in [-0.2, 0) is 21.2 Å². The standard InChI is InChI=1S/C17H27N3O3S/c1-2-3-4-17(21)20-13-11-19(12-14-20)10-9-15-5-7-16(8-6-15)24(18,22)23/h5-8H,2-4,9-14H2,1H3,(H2,18,22,23). The lowest BCUT2D eigenvalue weighted by atomic mass is 10.1. The molecule has 0 saturated carbocycles. The van der Waals surface area contributed by atoms with Gasteiger partial charge >= 0.3 is 0 Å². The minimum absolute atomic E-state index is 0.144. The highest BCUT2D eigenvalue weighted by Crippen LogP contribution is 2.11. The van der Waals surface area contributed by atoms with Gasteiger partial charge in [0.25, 0.3) is 0 Å². The summed E-state index contributed by atoms with van der Waals surface area (Å²) in [7, 11) is -3.62. The lowest BCUT2D eigenvalue weighted by molar-refractivity contribution is -0.133. The Kier molecular flexibility index (Phi) is 6.77. The number of sulfonamides is 1. The van der Waals surface area contributed by atoms with Gasteiger partial charge in [0.05, 0.1) is 4.90 Å². The number of nitrogens with two attached hydrogens (primary N) is 1. The van der Waals surface area contributed by atoms with E-state index < -0.39 is 10.0 Å². The minimum atomic E-state index is -3.62. The van der Waals surface area contributed by atoms with Crippen LogP contribution in [0, 0.1) is 0 Å². The Hall–Kier alpha value is -1.44. The van der Waals surface area contributed by atoms with E-state index >= 15 is 0 Å². The summed E-state index contributed by atoms with van der Waals surface area (Å²) in [5.41, 5.74) is 1.09. The maximum absolute atomic E-state index is 12.0. The zero-order valence-corrected chi connectivity index (χ0v) is 15.1. The number of rotatable bonds is 7. The second-order valence-electron chi connectivity index (χ2n) is 6.26. The van der Waals surface area contributed by atoms with Gasteiger partial charge in [0.1, 0.15) is 0 Å². The predicted octanol–water partition coefficient (Wildman–Crippen LogP) is 1.21. The molecule has 0 radical (unpaired) electrons. The molecule has 6 nitrogen and oxygen atoms in total. The largest absolute Gasteiger partial charge is 0.340 e. The maximum atomic E-state index is 12.0. The number of unbranched alkanes of at least 4 members (excludes halogenated alkanes) is 1. The minimum Gasteiger partial charge on any atom is -0.340 e. The summed E-state index contributed by atoms with van der Waals surface area (Å²) in [5.74, 6) is 0.273. The Labute approximate surface area is 144 Å². The van der Waals surface area contributed by atoms with Crippen molar-refractivity contribution >= 4 is 15.9 Å². The second kappa shape index (κ2) is 8.60. The number of primary sulfonamides is 1. The fourth-order valence-corrected chi connectivity index (χ4v) is 3.36. The van der Waals surface area contributed by atoms with Gasteiger partial charge in [-0.25, -0.2) is 13.6 Å². The maximum Gasteiger partial charge on any atom is 0.238 e. The number of benzene rings is 1. The Balaban J connectivity index is 1.75. The number of nitrogens with zero attached hydrogens (tertiary/aromatic N) is 2. The highest BCUT2D eigenvalue weighted by atomic mass is 32.2. The van der Waals surface area contributed by atoms with E-state index in [1.54, 1.807) is 12.1 Å². The number of carbonyl (C=O) groups excluding carboxylic acids is 1. The van der Waals surface area contributed by atoms with Gasteiger partial charge in [0, 0.05) is 39.1 Å². The highest BCUT2D eigenvalue weighted by Gasteiger charge is 2.20. The molecule has 24 heavy (non-hydrogen) atoms. The van der Waals surface area contributed by atoms with Gasteiger partial charge in [-0.15, -0.1) is 0 Å². The first-order valence-corrected chi connectivity index (χ1v) is 10.1. The molecule has 1 saturated heterocycles. The number of hydrogen-bond donors (Lipinski definition) is 1. The normalized spacial score (nSPS) is 16.3. The summed E-state index contributed by atoms with van der Waals surface area (Å²) in [6, 6.07) is 6.72. The lowest BCUT2D eigenvalue weighted by Gasteiger charge is -2.34. The van der Waals surface area contributed by atoms with Crippen LogP contribution in [-0.4, -0.2) is 56.8 Å². The molecule has 1 fully saturated rings. The molecule has 134 valence electrons. The average molecular weight is 353 g/mol. The molecule has 0 aliphatic carbocycles. The van der Waals surface area contributed by atoms with E-state index in [4.69, 9.17) is 5.14 Å². The SMILES string of the molecule is CCCCC(=O)N1CCN(CCc2ccc(S(N)(=O)=O)cc2)CC1. The summed E-state index contributed by atoms with van der Waals surface area (Å²) in [6.07, 6.45) is 3.53. The van der Waals surface area contributed by atoms with E-state index in [0.29, 0.717) is 6.42 Å². The molecule has 7 heteroatoms. The third-order valence-electron chi connectivity index (χ3n) is 4.44. The molecule has 2 rings (SSSR count). The van der Waals surface area contributed by atoms with E-state index in [1.807, 2.05) is 17.0 Å². The molecule has 2 N–H and O–H groups in total. The van der Waals surface area contributed by atoms with Crippen LogP contribution >= 0.6 is 0 Å². The quantitative estimate of drug-likeness (QED) is 0.799. The monoisotopic (exact) mass is 353 g/mol. The van der Waals surface area contributed by atoms with Gasteiger partial charge in [0.2, 0.25) is 15.9 Å². The summed E-state index contributed by atoms with van der Waals surface area (Å²) < 4.78 is 22.5. The van der Waals surface area contributed by atoms with Crippen molar-refractivity contribution in [3.63, 3.8) is 0 Å². The zero-order chi connectivity index (χ0) is 17.6. The van der Waals surface area contributed by atoms with E-state index in [2.05, 4.69) is 11.8 Å². The molecule has 1 aliphatic rings. The van der Waals surface area contributed by atoms with E-state index in [0.717, 1.165) is 57.5 Å². The lowest BCUT2D eigenvalue weighted by Crippen LogP contribution is -2.49. The third-order valence-corrected chi connectivity index (χ3v) is 5.37. The summed E-state index contributed by atoms with van der Waals surface area (Å²) in [4.78, 5) is 16.5. The number of hydrogen-bond acceptors (Lipinski definition) is 4. The highest BCUT2D eigenvalue weighted by molar-refractivity contribution is 7.89. The Morgan fingerprint density at radius 2 is 1.75 bits per heavy atom. The molecule has 0 unspecified atom stereocenters. The van der Waals surface area contributed by atoms with Crippen LogP contribution in [0.1, 0.15) is 31.7 Å². The van der Waals surface area contributed by atoms with Gasteiger partial charge in [-0.2, -0.15) is 0 Å². The van der Waals surface area contributed by atoms with Crippen molar-refractivity contribution in [1.29, 1.82) is 0 Å². The van der Waals surface area contributed by atoms with Gasteiger partial charge in [0.15, 0.2) is 0 Å². The number of carbonyl (C=O) groups is 1. The van der Waals surface area contributed by atoms with Crippen molar-refractivity contribution in [2.24, 2.45) is 5.14 Å². The zero-order valence-electron chi connectivity index (χ0n) is 14.3. The predicted molar refractivity (Wildman–Crippen MR) is 94.1 cm³/mol. The topological polar surface area (TPSA) is 83.7 Å². The van der Waals surface area contributed by atoms with Gasteiger partial charge in [-0.3, -0.25) is 9.69 Å². The molecular weight excluding hydrogens is 326 g/mol. The molecule has 0 bridgehead atoms. The van der Waals surface area contributed by atoms with Crippen LogP contribution in [0.15, 0.2) is 29.2 Å². The van der Waals surface area contributed by atoms with Gasteiger partial charge in [-0.05, 0) is 30.5 Å². The van der Waals surface area contributed by atoms with E-state index in [1.165, 1.54) is 0 Å². The van der Waals surface area contributed by atoms with Crippen LogP contribution in [0.25, 0.3) is 0 Å². The summed E-state index contributed by atoms with van der Waals surface area (Å²) >= 11 is 0. The molecular formula is C17H27N3O3S. The first-order chi connectivity index (χ1) is 11.4. The van der Waals surface area contributed by atoms with Crippen molar-refractivity contribution < 1.29 is 13.2 Å². The summed E-state index contributed by atoms with van der Waals surface area (Å²) in [5, 5.41) is 5.10. The van der Waals surface area contributed by atoms with E-state index in [-0.39, 0.29) is 10.8 Å². The second-order valence-corrected chi connectivity index (χ2v) is 7.83. The molecule has 1 aromatic carbocycles. The van der Waals surface area contributed by atoms with Crippen LogP contribution in [0.3, 0.4) is 0 Å². The molecule has 0 spiro atoms. The first kappa shape index (κ1) is 18.9. The van der Waals surface area contributed by atoms with Crippen LogP contribution in [0.5, 0.6) is 0 Å².